The molecule has 18 heavy (non-hydrogen) atoms. The molecule has 0 saturated carbocycles. The van der Waals surface area contributed by atoms with Crippen LogP contribution in [0.25, 0.3) is 0 Å². The van der Waals surface area contributed by atoms with E-state index in [1.165, 1.54) is 11.8 Å². The van der Waals surface area contributed by atoms with E-state index in [0.717, 1.165) is 0 Å². The third-order valence-electron chi connectivity index (χ3n) is 3.40. The van der Waals surface area contributed by atoms with Crippen LogP contribution < -0.4 is 11.1 Å². The second-order valence-corrected chi connectivity index (χ2v) is 4.67. The molecule has 1 aliphatic rings. The maximum atomic E-state index is 12.0. The number of likely N-dealkylation sites (tertiary alicyclic amines) is 1. The first-order chi connectivity index (χ1) is 8.31. The van der Waals surface area contributed by atoms with Gasteiger partial charge in [-0.15, -0.1) is 0 Å². The van der Waals surface area contributed by atoms with Crippen LogP contribution in [0.2, 0.25) is 0 Å². The largest absolute Gasteiger partial charge is 0.480 e. The highest BCUT2D eigenvalue weighted by Gasteiger charge is 2.38. The first-order valence-corrected chi connectivity index (χ1v) is 5.93. The summed E-state index contributed by atoms with van der Waals surface area (Å²) >= 11 is 0. The van der Waals surface area contributed by atoms with E-state index in [-0.39, 0.29) is 6.42 Å². The van der Waals surface area contributed by atoms with Gasteiger partial charge in [0.2, 0.25) is 5.91 Å². The van der Waals surface area contributed by atoms with Crippen molar-refractivity contribution in [1.29, 1.82) is 0 Å². The van der Waals surface area contributed by atoms with Gasteiger partial charge in [0, 0.05) is 6.54 Å². The summed E-state index contributed by atoms with van der Waals surface area (Å²) in [5, 5.41) is 11.5. The van der Waals surface area contributed by atoms with Crippen molar-refractivity contribution >= 4 is 17.9 Å². The molecule has 0 bridgehead atoms. The Morgan fingerprint density at radius 1 is 1.50 bits per heavy atom. The van der Waals surface area contributed by atoms with Gasteiger partial charge in [-0.1, -0.05) is 6.92 Å². The lowest BCUT2D eigenvalue weighted by Gasteiger charge is -2.29. The molecule has 0 aromatic rings. The molecular weight excluding hydrogens is 238 g/mol. The predicted octanol–water partition coefficient (Wildman–Crippen LogP) is -0.101. The van der Waals surface area contributed by atoms with Gasteiger partial charge in [-0.2, -0.15) is 0 Å². The summed E-state index contributed by atoms with van der Waals surface area (Å²) in [6.45, 7) is 3.52. The van der Waals surface area contributed by atoms with Crippen molar-refractivity contribution in [2.45, 2.75) is 44.7 Å². The molecule has 7 nitrogen and oxygen atoms in total. The van der Waals surface area contributed by atoms with Crippen LogP contribution in [0.15, 0.2) is 0 Å². The van der Waals surface area contributed by atoms with E-state index in [2.05, 4.69) is 5.32 Å². The third kappa shape index (κ3) is 2.72. The Morgan fingerprint density at radius 2 is 2.11 bits per heavy atom. The molecule has 1 rings (SSSR count). The Kier molecular flexibility index (Phi) is 4.15. The quantitative estimate of drug-likeness (QED) is 0.652. The molecule has 102 valence electrons. The number of nitrogens with one attached hydrogen (secondary N) is 1. The van der Waals surface area contributed by atoms with E-state index in [9.17, 15) is 14.4 Å². The maximum Gasteiger partial charge on any atom is 0.329 e. The summed E-state index contributed by atoms with van der Waals surface area (Å²) in [4.78, 5) is 35.6. The zero-order valence-electron chi connectivity index (χ0n) is 10.6. The van der Waals surface area contributed by atoms with E-state index < -0.39 is 29.5 Å². The number of aliphatic carboxylic acids is 1. The molecule has 0 aliphatic carbocycles. The fourth-order valence-corrected chi connectivity index (χ4v) is 1.91. The van der Waals surface area contributed by atoms with Crippen LogP contribution in [-0.4, -0.2) is 46.0 Å². The molecule has 4 N–H and O–H groups in total. The first-order valence-electron chi connectivity index (χ1n) is 5.93. The molecule has 2 atom stereocenters. The minimum atomic E-state index is -1.33. The highest BCUT2D eigenvalue weighted by atomic mass is 16.4. The summed E-state index contributed by atoms with van der Waals surface area (Å²) in [7, 11) is 0. The molecule has 1 saturated heterocycles. The maximum absolute atomic E-state index is 12.0. The monoisotopic (exact) mass is 257 g/mol. The number of hydrogen-bond donors (Lipinski definition) is 3. The number of carbonyl (C=O) groups excluding carboxylic acids is 2. The summed E-state index contributed by atoms with van der Waals surface area (Å²) < 4.78 is 0. The van der Waals surface area contributed by atoms with Crippen molar-refractivity contribution in [2.24, 2.45) is 5.73 Å². The van der Waals surface area contributed by atoms with E-state index >= 15 is 0 Å². The van der Waals surface area contributed by atoms with Gasteiger partial charge in [0.1, 0.15) is 11.6 Å². The predicted molar refractivity (Wildman–Crippen MR) is 63.8 cm³/mol. The first kappa shape index (κ1) is 14.3. The van der Waals surface area contributed by atoms with Crippen LogP contribution in [0.3, 0.4) is 0 Å². The minimum absolute atomic E-state index is 0.253. The van der Waals surface area contributed by atoms with Crippen molar-refractivity contribution in [3.05, 3.63) is 0 Å². The van der Waals surface area contributed by atoms with Crippen molar-refractivity contribution in [3.63, 3.8) is 0 Å². The van der Waals surface area contributed by atoms with Gasteiger partial charge in [-0.3, -0.25) is 4.79 Å². The fourth-order valence-electron chi connectivity index (χ4n) is 1.91. The van der Waals surface area contributed by atoms with Crippen molar-refractivity contribution in [2.75, 3.05) is 6.54 Å². The van der Waals surface area contributed by atoms with Crippen LogP contribution in [0.1, 0.15) is 33.1 Å². The van der Waals surface area contributed by atoms with E-state index in [1.807, 2.05) is 0 Å². The van der Waals surface area contributed by atoms with Gasteiger partial charge < -0.3 is 21.1 Å². The number of amides is 3. The van der Waals surface area contributed by atoms with Gasteiger partial charge in [0.15, 0.2) is 0 Å². The third-order valence-corrected chi connectivity index (χ3v) is 3.40. The molecule has 0 aromatic carbocycles. The minimum Gasteiger partial charge on any atom is -0.480 e. The van der Waals surface area contributed by atoms with Crippen LogP contribution in [0, 0.1) is 0 Å². The number of nitrogens with two attached hydrogens (primary N) is 1. The second-order valence-electron chi connectivity index (χ2n) is 4.67. The Hall–Kier alpha value is -1.79. The van der Waals surface area contributed by atoms with E-state index in [0.29, 0.717) is 19.4 Å². The lowest BCUT2D eigenvalue weighted by atomic mass is 10.00. The Bertz CT molecular complexity index is 371. The standard InChI is InChI=1S/C11H19N3O4/c1-3-11(2,9(16)17)13-10(18)14-6-4-5-7(14)8(12)15/h7H,3-6H2,1-2H3,(H2,12,15)(H,13,18)(H,16,17). The van der Waals surface area contributed by atoms with Crippen molar-refractivity contribution in [3.8, 4) is 0 Å². The van der Waals surface area contributed by atoms with Gasteiger partial charge in [0.25, 0.3) is 0 Å². The number of nitrogens with zero attached hydrogens (tertiary/aromatic N) is 1. The van der Waals surface area contributed by atoms with Crippen molar-refractivity contribution in [1.82, 2.24) is 10.2 Å². The SMILES string of the molecule is CCC(C)(NC(=O)N1CCCC1C(N)=O)C(=O)O. The molecule has 2 unspecified atom stereocenters. The Balaban J connectivity index is 2.76. The van der Waals surface area contributed by atoms with Crippen LogP contribution in [-0.2, 0) is 9.59 Å². The molecule has 3 amide bonds. The normalized spacial score (nSPS) is 22.3. The number of hydrogen-bond acceptors (Lipinski definition) is 3. The topological polar surface area (TPSA) is 113 Å². The number of rotatable bonds is 4. The summed E-state index contributed by atoms with van der Waals surface area (Å²) in [6.07, 6.45) is 1.47. The molecule has 0 spiro atoms. The average molecular weight is 257 g/mol. The van der Waals surface area contributed by atoms with Gasteiger partial charge in [0.05, 0.1) is 0 Å². The second kappa shape index (κ2) is 5.24. The molecule has 7 heteroatoms. The zero-order valence-corrected chi connectivity index (χ0v) is 10.6. The Labute approximate surface area is 105 Å². The van der Waals surface area contributed by atoms with Crippen LogP contribution >= 0.6 is 0 Å². The number of carboxylic acids is 1. The Morgan fingerprint density at radius 3 is 2.56 bits per heavy atom. The lowest BCUT2D eigenvalue weighted by Crippen LogP contribution is -2.57. The highest BCUT2D eigenvalue weighted by Crippen LogP contribution is 2.18. The number of carboxylic acid groups (broad SMARTS) is 1. The summed E-state index contributed by atoms with van der Waals surface area (Å²) in [5.74, 6) is -1.66. The van der Waals surface area contributed by atoms with Crippen LogP contribution in [0.5, 0.6) is 0 Å². The van der Waals surface area contributed by atoms with E-state index in [4.69, 9.17) is 10.8 Å². The number of primary amides is 1. The number of urea groups is 1. The lowest BCUT2D eigenvalue weighted by molar-refractivity contribution is -0.143. The highest BCUT2D eigenvalue weighted by molar-refractivity contribution is 5.89. The van der Waals surface area contributed by atoms with Gasteiger partial charge in [-0.25, -0.2) is 9.59 Å². The molecule has 1 aliphatic heterocycles. The van der Waals surface area contributed by atoms with E-state index in [1.54, 1.807) is 6.92 Å². The molecule has 0 radical (unpaired) electrons. The smallest absolute Gasteiger partial charge is 0.329 e. The number of carbonyl (C=O) groups is 3. The molecular formula is C11H19N3O4. The zero-order chi connectivity index (χ0) is 13.9. The molecule has 1 heterocycles. The van der Waals surface area contributed by atoms with Crippen LogP contribution in [0.4, 0.5) is 4.79 Å². The summed E-state index contributed by atoms with van der Waals surface area (Å²) in [6, 6.07) is -1.19. The summed E-state index contributed by atoms with van der Waals surface area (Å²) in [5.41, 5.74) is 3.87. The van der Waals surface area contributed by atoms with Gasteiger partial charge in [-0.05, 0) is 26.2 Å². The van der Waals surface area contributed by atoms with Gasteiger partial charge >= 0.3 is 12.0 Å². The molecule has 0 aromatic heterocycles. The average Bonchev–Trinajstić information content (AvgIpc) is 2.77. The fraction of sp³-hybridized carbons (Fsp3) is 0.727. The van der Waals surface area contributed by atoms with Crippen molar-refractivity contribution < 1.29 is 19.5 Å². The molecule has 1 fully saturated rings.